The molecule has 1 amide bonds. The zero-order valence-corrected chi connectivity index (χ0v) is 15.6. The lowest BCUT2D eigenvalue weighted by molar-refractivity contribution is 0.102. The van der Waals surface area contributed by atoms with E-state index in [4.69, 9.17) is 0 Å². The normalized spacial score (nSPS) is 11.0. The minimum atomic E-state index is -0.253. The number of amides is 1. The molecule has 2 N–H and O–H groups in total. The Morgan fingerprint density at radius 3 is 2.61 bits per heavy atom. The van der Waals surface area contributed by atoms with Gasteiger partial charge in [0, 0.05) is 22.9 Å². The second-order valence-electron chi connectivity index (χ2n) is 6.72. The summed E-state index contributed by atoms with van der Waals surface area (Å²) in [7, 11) is 0. The number of aromatic amines is 1. The van der Waals surface area contributed by atoms with Crippen LogP contribution in [0.15, 0.2) is 67.0 Å². The van der Waals surface area contributed by atoms with Gasteiger partial charge in [0.25, 0.3) is 5.91 Å². The molecule has 0 aliphatic carbocycles. The second kappa shape index (κ2) is 7.48. The fourth-order valence-corrected chi connectivity index (χ4v) is 2.96. The van der Waals surface area contributed by atoms with E-state index in [9.17, 15) is 4.79 Å². The molecule has 7 nitrogen and oxygen atoms in total. The molecule has 0 aliphatic rings. The summed E-state index contributed by atoms with van der Waals surface area (Å²) in [6, 6.07) is 19.2. The molecule has 2 aromatic heterocycles. The maximum Gasteiger partial charge on any atom is 0.273 e. The van der Waals surface area contributed by atoms with E-state index in [1.165, 1.54) is 0 Å². The number of hydrogen-bond acceptors (Lipinski definition) is 4. The predicted octanol–water partition coefficient (Wildman–Crippen LogP) is 4.17. The van der Waals surface area contributed by atoms with Crippen molar-refractivity contribution in [1.82, 2.24) is 25.0 Å². The largest absolute Gasteiger partial charge is 0.321 e. The lowest BCUT2D eigenvalue weighted by atomic mass is 10.1. The van der Waals surface area contributed by atoms with E-state index in [-0.39, 0.29) is 11.9 Å². The minimum absolute atomic E-state index is 0.240. The van der Waals surface area contributed by atoms with Gasteiger partial charge in [-0.25, -0.2) is 0 Å². The van der Waals surface area contributed by atoms with E-state index in [1.807, 2.05) is 59.2 Å². The van der Waals surface area contributed by atoms with E-state index in [2.05, 4.69) is 39.6 Å². The molecule has 4 aromatic rings. The van der Waals surface area contributed by atoms with Gasteiger partial charge in [-0.1, -0.05) is 42.5 Å². The van der Waals surface area contributed by atoms with E-state index in [0.717, 1.165) is 22.6 Å². The van der Waals surface area contributed by atoms with Crippen molar-refractivity contribution in [1.29, 1.82) is 0 Å². The van der Waals surface area contributed by atoms with Crippen LogP contribution in [0.25, 0.3) is 22.6 Å². The summed E-state index contributed by atoms with van der Waals surface area (Å²) in [5.41, 5.74) is 3.64. The number of hydrogen-bond donors (Lipinski definition) is 2. The quantitative estimate of drug-likeness (QED) is 0.550. The molecule has 28 heavy (non-hydrogen) atoms. The number of nitrogens with zero attached hydrogens (tertiary/aromatic N) is 4. The van der Waals surface area contributed by atoms with Crippen molar-refractivity contribution >= 4 is 11.6 Å². The van der Waals surface area contributed by atoms with Crippen molar-refractivity contribution in [2.24, 2.45) is 0 Å². The van der Waals surface area contributed by atoms with Crippen LogP contribution < -0.4 is 5.32 Å². The summed E-state index contributed by atoms with van der Waals surface area (Å²) in [5.74, 6) is 0.510. The Balaban J connectivity index is 1.54. The van der Waals surface area contributed by atoms with Gasteiger partial charge >= 0.3 is 0 Å². The Morgan fingerprint density at radius 2 is 1.82 bits per heavy atom. The third-order valence-electron chi connectivity index (χ3n) is 4.40. The summed E-state index contributed by atoms with van der Waals surface area (Å²) in [4.78, 5) is 12.6. The van der Waals surface area contributed by atoms with Gasteiger partial charge in [0.15, 0.2) is 5.82 Å². The molecular formula is C21H20N6O. The number of benzene rings is 2. The standard InChI is InChI=1S/C21H20N6O/c1-14(2)27-13-22-26-20(27)16-9-6-10-17(11-16)23-21(28)19-12-18(24-25-19)15-7-4-3-5-8-15/h3-14H,1-2H3,(H,23,28)(H,24,25). The molecule has 0 radical (unpaired) electrons. The lowest BCUT2D eigenvalue weighted by Crippen LogP contribution is -2.12. The summed E-state index contributed by atoms with van der Waals surface area (Å²) >= 11 is 0. The van der Waals surface area contributed by atoms with Gasteiger partial charge in [0.1, 0.15) is 12.0 Å². The Hall–Kier alpha value is -3.74. The Bertz CT molecular complexity index is 1100. The number of anilines is 1. The van der Waals surface area contributed by atoms with Crippen LogP contribution in [0.3, 0.4) is 0 Å². The molecule has 0 saturated carbocycles. The number of rotatable bonds is 5. The van der Waals surface area contributed by atoms with Crippen LogP contribution >= 0.6 is 0 Å². The third kappa shape index (κ3) is 3.55. The van der Waals surface area contributed by atoms with Crippen LogP contribution in [0.4, 0.5) is 5.69 Å². The maximum absolute atomic E-state index is 12.6. The first-order valence-electron chi connectivity index (χ1n) is 9.04. The highest BCUT2D eigenvalue weighted by molar-refractivity contribution is 6.03. The van der Waals surface area contributed by atoms with Crippen LogP contribution in [0, 0.1) is 0 Å². The Kier molecular flexibility index (Phi) is 4.72. The van der Waals surface area contributed by atoms with Crippen LogP contribution in [0.2, 0.25) is 0 Å². The maximum atomic E-state index is 12.6. The molecule has 0 saturated heterocycles. The minimum Gasteiger partial charge on any atom is -0.321 e. The molecule has 140 valence electrons. The first kappa shape index (κ1) is 17.7. The van der Waals surface area contributed by atoms with Crippen LogP contribution in [-0.2, 0) is 0 Å². The fourth-order valence-electron chi connectivity index (χ4n) is 2.96. The first-order chi connectivity index (χ1) is 13.6. The molecule has 4 rings (SSSR count). The number of nitrogens with one attached hydrogen (secondary N) is 2. The van der Waals surface area contributed by atoms with Crippen LogP contribution in [0.1, 0.15) is 30.4 Å². The van der Waals surface area contributed by atoms with E-state index >= 15 is 0 Å². The van der Waals surface area contributed by atoms with Gasteiger partial charge in [-0.05, 0) is 32.0 Å². The highest BCUT2D eigenvalue weighted by Crippen LogP contribution is 2.24. The molecule has 0 atom stereocenters. The SMILES string of the molecule is CC(C)n1cnnc1-c1cccc(NC(=O)c2cc(-c3ccccc3)n[nH]2)c1. The summed E-state index contributed by atoms with van der Waals surface area (Å²) in [6.45, 7) is 4.14. The molecule has 0 aliphatic heterocycles. The van der Waals surface area contributed by atoms with Crippen molar-refractivity contribution in [2.75, 3.05) is 5.32 Å². The van der Waals surface area contributed by atoms with Gasteiger partial charge in [-0.15, -0.1) is 10.2 Å². The van der Waals surface area contributed by atoms with Crippen molar-refractivity contribution < 1.29 is 4.79 Å². The van der Waals surface area contributed by atoms with Crippen molar-refractivity contribution in [3.8, 4) is 22.6 Å². The average molecular weight is 372 g/mol. The number of aromatic nitrogens is 5. The highest BCUT2D eigenvalue weighted by Gasteiger charge is 2.13. The smallest absolute Gasteiger partial charge is 0.273 e. The lowest BCUT2D eigenvalue weighted by Gasteiger charge is -2.11. The molecule has 0 fully saturated rings. The van der Waals surface area contributed by atoms with Gasteiger partial charge in [-0.2, -0.15) is 5.10 Å². The summed E-state index contributed by atoms with van der Waals surface area (Å²) < 4.78 is 1.99. The van der Waals surface area contributed by atoms with Crippen molar-refractivity contribution in [3.63, 3.8) is 0 Å². The monoisotopic (exact) mass is 372 g/mol. The molecule has 0 unspecified atom stereocenters. The highest BCUT2D eigenvalue weighted by atomic mass is 16.1. The molecule has 0 spiro atoms. The van der Waals surface area contributed by atoms with Crippen LogP contribution in [-0.4, -0.2) is 30.9 Å². The van der Waals surface area contributed by atoms with Crippen LogP contribution in [0.5, 0.6) is 0 Å². The van der Waals surface area contributed by atoms with E-state index in [1.54, 1.807) is 12.4 Å². The van der Waals surface area contributed by atoms with Gasteiger partial charge in [0.2, 0.25) is 0 Å². The first-order valence-corrected chi connectivity index (χ1v) is 9.04. The fraction of sp³-hybridized carbons (Fsp3) is 0.143. The second-order valence-corrected chi connectivity index (χ2v) is 6.72. The van der Waals surface area contributed by atoms with E-state index in [0.29, 0.717) is 11.4 Å². The topological polar surface area (TPSA) is 88.5 Å². The number of carbonyl (C=O) groups is 1. The zero-order valence-electron chi connectivity index (χ0n) is 15.6. The number of H-pyrrole nitrogens is 1. The predicted molar refractivity (Wildman–Crippen MR) is 108 cm³/mol. The molecule has 0 bridgehead atoms. The average Bonchev–Trinajstić information content (AvgIpc) is 3.39. The van der Waals surface area contributed by atoms with E-state index < -0.39 is 0 Å². The van der Waals surface area contributed by atoms with Gasteiger partial charge < -0.3 is 9.88 Å². The molecule has 2 aromatic carbocycles. The Morgan fingerprint density at radius 1 is 1.04 bits per heavy atom. The van der Waals surface area contributed by atoms with Gasteiger partial charge in [0.05, 0.1) is 5.69 Å². The summed E-state index contributed by atoms with van der Waals surface area (Å²) in [6.07, 6.45) is 1.71. The Labute approximate surface area is 162 Å². The van der Waals surface area contributed by atoms with Crippen molar-refractivity contribution in [3.05, 3.63) is 72.7 Å². The summed E-state index contributed by atoms with van der Waals surface area (Å²) in [5, 5.41) is 18.1. The van der Waals surface area contributed by atoms with Gasteiger partial charge in [-0.3, -0.25) is 9.89 Å². The molecular weight excluding hydrogens is 352 g/mol. The third-order valence-corrected chi connectivity index (χ3v) is 4.40. The van der Waals surface area contributed by atoms with Crippen molar-refractivity contribution in [2.45, 2.75) is 19.9 Å². The number of carbonyl (C=O) groups excluding carboxylic acids is 1. The zero-order chi connectivity index (χ0) is 19.5. The molecule has 2 heterocycles. The molecule has 7 heteroatoms.